The highest BCUT2D eigenvalue weighted by molar-refractivity contribution is 7.89. The van der Waals surface area contributed by atoms with Gasteiger partial charge in [0.15, 0.2) is 0 Å². The number of nitrogens with one attached hydrogen (secondary N) is 2. The number of rotatable bonds is 16. The van der Waals surface area contributed by atoms with E-state index in [-0.39, 0.29) is 41.9 Å². The molecule has 0 saturated carbocycles. The number of anilines is 1. The number of nitrogens with zero attached hydrogens (tertiary/aromatic N) is 2. The summed E-state index contributed by atoms with van der Waals surface area (Å²) in [5.74, 6) is -1.53. The molecule has 4 rings (SSSR count). The number of sulfonamides is 1. The summed E-state index contributed by atoms with van der Waals surface area (Å²) in [5.41, 5.74) is 6.59. The first kappa shape index (κ1) is 35.5. The molecule has 2 unspecified atom stereocenters. The van der Waals surface area contributed by atoms with Crippen LogP contribution in [0.2, 0.25) is 0 Å². The van der Waals surface area contributed by atoms with E-state index in [0.717, 1.165) is 28.5 Å². The van der Waals surface area contributed by atoms with E-state index in [1.165, 1.54) is 16.6 Å². The average molecular weight is 664 g/mol. The number of aliphatic hydroxyl groups excluding tert-OH is 1. The average Bonchev–Trinajstić information content (AvgIpc) is 3.06. The van der Waals surface area contributed by atoms with E-state index in [2.05, 4.69) is 15.6 Å². The topological polar surface area (TPSA) is 155 Å². The summed E-state index contributed by atoms with van der Waals surface area (Å²) in [6, 6.07) is 18.8. The number of nitrogen functional groups attached to an aromatic ring is 1. The van der Waals surface area contributed by atoms with Crippen molar-refractivity contribution in [2.24, 2.45) is 5.92 Å². The molecular weight excluding hydrogens is 621 g/mol. The van der Waals surface area contributed by atoms with E-state index < -0.39 is 40.4 Å². The van der Waals surface area contributed by atoms with Crippen LogP contribution in [-0.2, 0) is 21.2 Å². The number of pyridine rings is 1. The zero-order valence-electron chi connectivity index (χ0n) is 26.6. The van der Waals surface area contributed by atoms with Crippen LogP contribution in [0, 0.1) is 11.7 Å². The molecule has 5 N–H and O–H groups in total. The Hall–Kier alpha value is -4.39. The zero-order valence-corrected chi connectivity index (χ0v) is 27.4. The predicted molar refractivity (Wildman–Crippen MR) is 180 cm³/mol. The molecule has 0 fully saturated rings. The fraction of sp³-hybridized carbons (Fsp3) is 0.343. The van der Waals surface area contributed by atoms with Gasteiger partial charge in [-0.05, 0) is 65.4 Å². The highest BCUT2D eigenvalue weighted by Gasteiger charge is 2.32. The Labute approximate surface area is 275 Å². The van der Waals surface area contributed by atoms with Gasteiger partial charge in [0.1, 0.15) is 11.9 Å². The Bertz CT molecular complexity index is 1770. The third-order valence-electron chi connectivity index (χ3n) is 7.80. The third-order valence-corrected chi connectivity index (χ3v) is 9.71. The van der Waals surface area contributed by atoms with Crippen molar-refractivity contribution < 1.29 is 27.5 Å². The predicted octanol–water partition coefficient (Wildman–Crippen LogP) is 4.29. The normalized spacial score (nSPS) is 13.1. The van der Waals surface area contributed by atoms with Gasteiger partial charge >= 0.3 is 0 Å². The molecular formula is C35H42FN5O5S. The van der Waals surface area contributed by atoms with Crippen LogP contribution in [0.25, 0.3) is 10.8 Å². The number of halogens is 1. The maximum absolute atomic E-state index is 13.7. The van der Waals surface area contributed by atoms with Crippen LogP contribution >= 0.6 is 0 Å². The largest absolute Gasteiger partial charge is 0.396 e. The van der Waals surface area contributed by atoms with Crippen molar-refractivity contribution in [2.45, 2.75) is 56.5 Å². The molecule has 47 heavy (non-hydrogen) atoms. The molecule has 0 aliphatic carbocycles. The molecule has 0 aliphatic rings. The quantitative estimate of drug-likeness (QED) is 0.103. The minimum Gasteiger partial charge on any atom is -0.396 e. The fourth-order valence-corrected chi connectivity index (χ4v) is 7.18. The lowest BCUT2D eigenvalue weighted by Gasteiger charge is -2.31. The van der Waals surface area contributed by atoms with Crippen LogP contribution in [0.4, 0.5) is 10.1 Å². The molecule has 0 spiro atoms. The monoisotopic (exact) mass is 663 g/mol. The van der Waals surface area contributed by atoms with Crippen LogP contribution in [-0.4, -0.2) is 66.4 Å². The number of aliphatic hydroxyl groups is 1. The van der Waals surface area contributed by atoms with Gasteiger partial charge in [0.05, 0.1) is 22.8 Å². The number of carbonyl (C=O) groups is 2. The van der Waals surface area contributed by atoms with Crippen molar-refractivity contribution in [3.63, 3.8) is 0 Å². The van der Waals surface area contributed by atoms with Gasteiger partial charge in [0, 0.05) is 37.9 Å². The lowest BCUT2D eigenvalue weighted by atomic mass is 10.0. The van der Waals surface area contributed by atoms with Crippen molar-refractivity contribution in [2.75, 3.05) is 25.4 Å². The van der Waals surface area contributed by atoms with Crippen LogP contribution in [0.3, 0.4) is 0 Å². The SMILES string of the molecule is CC(C)CN(C(CO)CCCCNC(=O)C(Cc1ccc2ccccc2c1)NC(=O)c1cccnc1)S(=O)(=O)c1ccc(F)c(N)c1. The number of fused-ring (bicyclic) bond motifs is 1. The van der Waals surface area contributed by atoms with Crippen molar-refractivity contribution >= 4 is 38.3 Å². The fourth-order valence-electron chi connectivity index (χ4n) is 5.34. The highest BCUT2D eigenvalue weighted by Crippen LogP contribution is 2.25. The summed E-state index contributed by atoms with van der Waals surface area (Å²) in [6.07, 6.45) is 4.59. The number of hydrogen-bond acceptors (Lipinski definition) is 7. The van der Waals surface area contributed by atoms with Gasteiger partial charge in [-0.3, -0.25) is 14.6 Å². The first-order valence-corrected chi connectivity index (χ1v) is 17.1. The van der Waals surface area contributed by atoms with Gasteiger partial charge in [-0.2, -0.15) is 4.31 Å². The molecule has 0 saturated heterocycles. The molecule has 12 heteroatoms. The summed E-state index contributed by atoms with van der Waals surface area (Å²) < 4.78 is 42.1. The minimum absolute atomic E-state index is 0.0441. The molecule has 4 aromatic rings. The van der Waals surface area contributed by atoms with Gasteiger partial charge < -0.3 is 21.5 Å². The molecule has 1 heterocycles. The Morgan fingerprint density at radius 1 is 1.00 bits per heavy atom. The molecule has 3 aromatic carbocycles. The molecule has 250 valence electrons. The van der Waals surface area contributed by atoms with Crippen LogP contribution < -0.4 is 16.4 Å². The molecule has 1 aromatic heterocycles. The number of amides is 2. The van der Waals surface area contributed by atoms with E-state index in [9.17, 15) is 27.5 Å². The summed E-state index contributed by atoms with van der Waals surface area (Å²) >= 11 is 0. The van der Waals surface area contributed by atoms with Gasteiger partial charge in [0.2, 0.25) is 15.9 Å². The van der Waals surface area contributed by atoms with Gasteiger partial charge in [-0.15, -0.1) is 0 Å². The Morgan fingerprint density at radius 3 is 2.45 bits per heavy atom. The Morgan fingerprint density at radius 2 is 1.77 bits per heavy atom. The summed E-state index contributed by atoms with van der Waals surface area (Å²) in [6.45, 7) is 3.75. The molecule has 0 aliphatic heterocycles. The third kappa shape index (κ3) is 9.57. The smallest absolute Gasteiger partial charge is 0.253 e. The molecule has 2 amide bonds. The lowest BCUT2D eigenvalue weighted by Crippen LogP contribution is -2.48. The number of hydrogen-bond donors (Lipinski definition) is 4. The lowest BCUT2D eigenvalue weighted by molar-refractivity contribution is -0.122. The standard InChI is InChI=1S/C35H42FN5O5S/c1-24(2)22-41(47(45,46)30-14-15-31(36)32(37)20-30)29(23-42)11-5-6-17-39-35(44)33(40-34(43)28-10-7-16-38-21-28)19-25-12-13-26-8-3-4-9-27(26)18-25/h3-4,7-10,12-16,18,20-21,24,29,33,42H,5-6,11,17,19,22-23,37H2,1-2H3,(H,39,44)(H,40,43). The van der Waals surface area contributed by atoms with Gasteiger partial charge in [-0.25, -0.2) is 12.8 Å². The maximum Gasteiger partial charge on any atom is 0.253 e. The number of unbranched alkanes of at least 4 members (excludes halogenated alkanes) is 1. The summed E-state index contributed by atoms with van der Waals surface area (Å²) in [5, 5.41) is 18.1. The van der Waals surface area contributed by atoms with E-state index in [4.69, 9.17) is 5.73 Å². The van der Waals surface area contributed by atoms with Gasteiger partial charge in [-0.1, -0.05) is 62.7 Å². The second-order valence-electron chi connectivity index (χ2n) is 11.9. The second-order valence-corrected chi connectivity index (χ2v) is 13.8. The Kier molecular flexibility index (Phi) is 12.4. The Balaban J connectivity index is 1.40. The first-order chi connectivity index (χ1) is 22.5. The van der Waals surface area contributed by atoms with Crippen LogP contribution in [0.1, 0.15) is 49.0 Å². The molecule has 10 nitrogen and oxygen atoms in total. The van der Waals surface area contributed by atoms with E-state index in [0.29, 0.717) is 24.8 Å². The second kappa shape index (κ2) is 16.4. The van der Waals surface area contributed by atoms with Crippen molar-refractivity contribution in [3.05, 3.63) is 102 Å². The molecule has 0 radical (unpaired) electrons. The minimum atomic E-state index is -4.08. The number of carbonyl (C=O) groups excluding carboxylic acids is 2. The van der Waals surface area contributed by atoms with E-state index in [1.807, 2.05) is 56.3 Å². The maximum atomic E-state index is 13.7. The summed E-state index contributed by atoms with van der Waals surface area (Å²) in [4.78, 5) is 30.2. The molecule has 0 bridgehead atoms. The number of aromatic nitrogens is 1. The van der Waals surface area contributed by atoms with Crippen LogP contribution in [0.5, 0.6) is 0 Å². The summed E-state index contributed by atoms with van der Waals surface area (Å²) in [7, 11) is -4.08. The number of benzene rings is 3. The number of nitrogens with two attached hydrogens (primary N) is 1. The molecule has 2 atom stereocenters. The van der Waals surface area contributed by atoms with E-state index in [1.54, 1.807) is 18.3 Å². The first-order valence-electron chi connectivity index (χ1n) is 15.6. The van der Waals surface area contributed by atoms with Gasteiger partial charge in [0.25, 0.3) is 5.91 Å². The van der Waals surface area contributed by atoms with Crippen molar-refractivity contribution in [1.82, 2.24) is 19.9 Å². The van der Waals surface area contributed by atoms with E-state index >= 15 is 0 Å². The van der Waals surface area contributed by atoms with Crippen molar-refractivity contribution in [3.8, 4) is 0 Å². The van der Waals surface area contributed by atoms with Crippen LogP contribution in [0.15, 0.2) is 90.1 Å². The zero-order chi connectivity index (χ0) is 34.0. The highest BCUT2D eigenvalue weighted by atomic mass is 32.2. The van der Waals surface area contributed by atoms with Crippen molar-refractivity contribution in [1.29, 1.82) is 0 Å².